The Bertz CT molecular complexity index is 622. The number of nitrogens with one attached hydrogen (secondary N) is 1. The summed E-state index contributed by atoms with van der Waals surface area (Å²) >= 11 is 0. The van der Waals surface area contributed by atoms with Crippen LogP contribution >= 0.6 is 0 Å². The first-order chi connectivity index (χ1) is 11.9. The molecule has 2 aliphatic rings. The molecule has 1 saturated carbocycles. The van der Waals surface area contributed by atoms with E-state index in [0.29, 0.717) is 31.3 Å². The third-order valence-electron chi connectivity index (χ3n) is 5.24. The molecule has 1 heterocycles. The molecule has 0 spiro atoms. The number of nitrogens with zero attached hydrogens (tertiary/aromatic N) is 2. The van der Waals surface area contributed by atoms with Gasteiger partial charge in [0.15, 0.2) is 0 Å². The molecule has 0 radical (unpaired) electrons. The Balaban J connectivity index is 1.69. The number of hydrogen-bond donors (Lipinski definition) is 1. The van der Waals surface area contributed by atoms with Crippen LogP contribution in [-0.2, 0) is 4.79 Å². The van der Waals surface area contributed by atoms with Crippen LogP contribution in [0.2, 0.25) is 0 Å². The Morgan fingerprint density at radius 3 is 2.52 bits per heavy atom. The van der Waals surface area contributed by atoms with E-state index in [2.05, 4.69) is 19.2 Å². The highest BCUT2D eigenvalue weighted by atomic mass is 16.2. The van der Waals surface area contributed by atoms with Crippen LogP contribution in [0.3, 0.4) is 0 Å². The maximum Gasteiger partial charge on any atom is 0.321 e. The molecular weight excluding hydrogens is 314 g/mol. The van der Waals surface area contributed by atoms with Crippen molar-refractivity contribution in [2.45, 2.75) is 46.1 Å². The number of carbonyl (C=O) groups is 2. The Morgan fingerprint density at radius 2 is 1.92 bits per heavy atom. The molecule has 0 bridgehead atoms. The normalized spacial score (nSPS) is 21.4. The van der Waals surface area contributed by atoms with Crippen molar-refractivity contribution < 1.29 is 9.59 Å². The van der Waals surface area contributed by atoms with Gasteiger partial charge in [-0.15, -0.1) is 0 Å². The molecular formula is C20H29N3O2. The van der Waals surface area contributed by atoms with Crippen molar-refractivity contribution in [2.75, 3.05) is 25.0 Å². The SMILES string of the molecule is Cc1ccc(NC(=O)N2CCC(=O)N(CC3CC3)[C@@H](C(C)C)C2)cc1. The summed E-state index contributed by atoms with van der Waals surface area (Å²) in [5, 5.41) is 2.97. The second-order valence-electron chi connectivity index (χ2n) is 7.79. The topological polar surface area (TPSA) is 52.7 Å². The van der Waals surface area contributed by atoms with E-state index >= 15 is 0 Å². The fourth-order valence-corrected chi connectivity index (χ4v) is 3.39. The molecule has 1 aromatic rings. The minimum Gasteiger partial charge on any atom is -0.337 e. The minimum atomic E-state index is -0.115. The second kappa shape index (κ2) is 7.46. The number of aryl methyl sites for hydroxylation is 1. The van der Waals surface area contributed by atoms with E-state index in [1.54, 1.807) is 4.90 Å². The average molecular weight is 343 g/mol. The van der Waals surface area contributed by atoms with Crippen LogP contribution < -0.4 is 5.32 Å². The quantitative estimate of drug-likeness (QED) is 0.910. The fourth-order valence-electron chi connectivity index (χ4n) is 3.39. The van der Waals surface area contributed by atoms with Gasteiger partial charge >= 0.3 is 6.03 Å². The Kier molecular flexibility index (Phi) is 5.30. The highest BCUT2D eigenvalue weighted by Gasteiger charge is 2.36. The van der Waals surface area contributed by atoms with E-state index in [9.17, 15) is 9.59 Å². The van der Waals surface area contributed by atoms with Gasteiger partial charge < -0.3 is 15.1 Å². The molecule has 1 aromatic carbocycles. The van der Waals surface area contributed by atoms with E-state index in [0.717, 1.165) is 17.8 Å². The monoisotopic (exact) mass is 343 g/mol. The number of amides is 3. The number of anilines is 1. The van der Waals surface area contributed by atoms with Crippen molar-refractivity contribution in [3.63, 3.8) is 0 Å². The van der Waals surface area contributed by atoms with E-state index < -0.39 is 0 Å². The summed E-state index contributed by atoms with van der Waals surface area (Å²) in [6.45, 7) is 8.25. The van der Waals surface area contributed by atoms with Crippen LogP contribution in [0.1, 0.15) is 38.7 Å². The lowest BCUT2D eigenvalue weighted by Gasteiger charge is -2.34. The summed E-state index contributed by atoms with van der Waals surface area (Å²) in [6, 6.07) is 7.77. The first kappa shape index (κ1) is 17.8. The van der Waals surface area contributed by atoms with Crippen LogP contribution in [0.25, 0.3) is 0 Å². The van der Waals surface area contributed by atoms with Crippen molar-refractivity contribution in [3.05, 3.63) is 29.8 Å². The van der Waals surface area contributed by atoms with Crippen molar-refractivity contribution in [3.8, 4) is 0 Å². The van der Waals surface area contributed by atoms with Crippen LogP contribution in [0.5, 0.6) is 0 Å². The van der Waals surface area contributed by atoms with Gasteiger partial charge in [-0.25, -0.2) is 4.79 Å². The lowest BCUT2D eigenvalue weighted by Crippen LogP contribution is -2.48. The van der Waals surface area contributed by atoms with Gasteiger partial charge in [0.2, 0.25) is 5.91 Å². The van der Waals surface area contributed by atoms with Crippen LogP contribution in [0.4, 0.5) is 10.5 Å². The molecule has 3 amide bonds. The van der Waals surface area contributed by atoms with Crippen LogP contribution in [0, 0.1) is 18.8 Å². The molecule has 3 rings (SSSR count). The predicted molar refractivity (Wildman–Crippen MR) is 99.5 cm³/mol. The van der Waals surface area contributed by atoms with Gasteiger partial charge in [0.05, 0.1) is 6.04 Å². The first-order valence-corrected chi connectivity index (χ1v) is 9.36. The molecule has 1 saturated heterocycles. The number of carbonyl (C=O) groups excluding carboxylic acids is 2. The van der Waals surface area contributed by atoms with Crippen molar-refractivity contribution in [1.82, 2.24) is 9.80 Å². The lowest BCUT2D eigenvalue weighted by molar-refractivity contribution is -0.133. The summed E-state index contributed by atoms with van der Waals surface area (Å²) in [5.74, 6) is 1.19. The van der Waals surface area contributed by atoms with Gasteiger partial charge in [-0.1, -0.05) is 31.5 Å². The zero-order chi connectivity index (χ0) is 18.0. The molecule has 1 aliphatic heterocycles. The van der Waals surface area contributed by atoms with Gasteiger partial charge in [0.25, 0.3) is 0 Å². The Hall–Kier alpha value is -2.04. The summed E-state index contributed by atoms with van der Waals surface area (Å²) in [5.41, 5.74) is 1.95. The Labute approximate surface area is 150 Å². The van der Waals surface area contributed by atoms with Crippen molar-refractivity contribution in [2.24, 2.45) is 11.8 Å². The zero-order valence-corrected chi connectivity index (χ0v) is 15.5. The molecule has 2 fully saturated rings. The second-order valence-corrected chi connectivity index (χ2v) is 7.79. The largest absolute Gasteiger partial charge is 0.337 e. The van der Waals surface area contributed by atoms with Crippen molar-refractivity contribution >= 4 is 17.6 Å². The van der Waals surface area contributed by atoms with Gasteiger partial charge in [-0.05, 0) is 43.7 Å². The van der Waals surface area contributed by atoms with Crippen molar-refractivity contribution in [1.29, 1.82) is 0 Å². The molecule has 1 atom stereocenters. The van der Waals surface area contributed by atoms with E-state index in [1.165, 1.54) is 12.8 Å². The standard InChI is InChI=1S/C20H29N3O2/c1-14(2)18-13-22(11-10-19(24)23(18)12-16-6-7-16)20(25)21-17-8-4-15(3)5-9-17/h4-5,8-9,14,16,18H,6-7,10-13H2,1-3H3,(H,21,25)/t18-/m1/s1. The van der Waals surface area contributed by atoms with Crippen LogP contribution in [0.15, 0.2) is 24.3 Å². The lowest BCUT2D eigenvalue weighted by atomic mass is 10.0. The summed E-state index contributed by atoms with van der Waals surface area (Å²) in [7, 11) is 0. The molecule has 0 unspecified atom stereocenters. The third-order valence-corrected chi connectivity index (χ3v) is 5.24. The fraction of sp³-hybridized carbons (Fsp3) is 0.600. The van der Waals surface area contributed by atoms with Gasteiger partial charge in [-0.3, -0.25) is 4.79 Å². The molecule has 1 aliphatic carbocycles. The number of benzene rings is 1. The summed E-state index contributed by atoms with van der Waals surface area (Å²) in [4.78, 5) is 29.2. The molecule has 5 heteroatoms. The first-order valence-electron chi connectivity index (χ1n) is 9.36. The van der Waals surface area contributed by atoms with E-state index in [4.69, 9.17) is 0 Å². The molecule has 136 valence electrons. The Morgan fingerprint density at radius 1 is 1.24 bits per heavy atom. The number of urea groups is 1. The highest BCUT2D eigenvalue weighted by Crippen LogP contribution is 2.32. The van der Waals surface area contributed by atoms with E-state index in [-0.39, 0.29) is 18.0 Å². The van der Waals surface area contributed by atoms with E-state index in [1.807, 2.05) is 36.1 Å². The smallest absolute Gasteiger partial charge is 0.321 e. The predicted octanol–water partition coefficient (Wildman–Crippen LogP) is 3.50. The highest BCUT2D eigenvalue weighted by molar-refractivity contribution is 5.90. The maximum absolute atomic E-state index is 12.7. The minimum absolute atomic E-state index is 0.0966. The molecule has 0 aromatic heterocycles. The number of hydrogen-bond acceptors (Lipinski definition) is 2. The van der Waals surface area contributed by atoms with Crippen LogP contribution in [-0.4, -0.2) is 47.4 Å². The maximum atomic E-state index is 12.7. The zero-order valence-electron chi connectivity index (χ0n) is 15.5. The third kappa shape index (κ3) is 4.53. The number of rotatable bonds is 4. The average Bonchev–Trinajstić information content (AvgIpc) is 3.39. The molecule has 25 heavy (non-hydrogen) atoms. The van der Waals surface area contributed by atoms with Gasteiger partial charge in [0.1, 0.15) is 0 Å². The molecule has 1 N–H and O–H groups in total. The molecule has 5 nitrogen and oxygen atoms in total. The summed E-state index contributed by atoms with van der Waals surface area (Å²) in [6.07, 6.45) is 2.87. The summed E-state index contributed by atoms with van der Waals surface area (Å²) < 4.78 is 0. The van der Waals surface area contributed by atoms with Gasteiger partial charge in [0, 0.05) is 31.7 Å². The van der Waals surface area contributed by atoms with Gasteiger partial charge in [-0.2, -0.15) is 0 Å².